The molecule has 1 saturated heterocycles. The van der Waals surface area contributed by atoms with E-state index in [1.165, 1.54) is 0 Å². The molecule has 1 aliphatic rings. The van der Waals surface area contributed by atoms with Gasteiger partial charge in [0, 0.05) is 18.4 Å². The first-order chi connectivity index (χ1) is 8.27. The van der Waals surface area contributed by atoms with E-state index < -0.39 is 0 Å². The van der Waals surface area contributed by atoms with Gasteiger partial charge < -0.3 is 4.90 Å². The number of amides is 1. The fourth-order valence-corrected chi connectivity index (χ4v) is 2.25. The smallest absolute Gasteiger partial charge is 0.294 e. The zero-order valence-corrected chi connectivity index (χ0v) is 9.22. The van der Waals surface area contributed by atoms with E-state index in [0.717, 1.165) is 16.5 Å². The molecule has 0 atom stereocenters. The third-order valence-corrected chi connectivity index (χ3v) is 3.10. The van der Waals surface area contributed by atoms with Crippen molar-refractivity contribution in [1.82, 2.24) is 0 Å². The van der Waals surface area contributed by atoms with Crippen molar-refractivity contribution in [2.24, 2.45) is 0 Å². The molecule has 3 rings (SSSR count). The van der Waals surface area contributed by atoms with Crippen LogP contribution < -0.4 is 4.90 Å². The van der Waals surface area contributed by atoms with Crippen LogP contribution in [0.4, 0.5) is 5.69 Å². The Balaban J connectivity index is 2.18. The summed E-state index contributed by atoms with van der Waals surface area (Å²) < 4.78 is 0. The number of hydrogen-bond donors (Lipinski definition) is 0. The monoisotopic (exact) mass is 225 g/mol. The Bertz CT molecular complexity index is 613. The average molecular weight is 225 g/mol. The molecule has 1 fully saturated rings. The van der Waals surface area contributed by atoms with Gasteiger partial charge in [-0.1, -0.05) is 36.4 Å². The van der Waals surface area contributed by atoms with Gasteiger partial charge in [-0.05, 0) is 11.5 Å². The summed E-state index contributed by atoms with van der Waals surface area (Å²) in [7, 11) is 0. The summed E-state index contributed by atoms with van der Waals surface area (Å²) in [4.78, 5) is 24.6. The fraction of sp³-hybridized carbons (Fsp3) is 0.143. The second-order valence-corrected chi connectivity index (χ2v) is 4.13. The van der Waals surface area contributed by atoms with Crippen LogP contribution in [-0.2, 0) is 9.59 Å². The number of carbonyl (C=O) groups is 2. The molecule has 2 aromatic rings. The lowest BCUT2D eigenvalue weighted by Gasteiger charge is -2.16. The standard InChI is InChI=1S/C14H11NO2/c16-13-8-9-15(14(13)17)12-7-3-5-10-4-1-2-6-11(10)12/h1-7H,8-9H2. The van der Waals surface area contributed by atoms with Crippen molar-refractivity contribution < 1.29 is 9.59 Å². The highest BCUT2D eigenvalue weighted by atomic mass is 16.2. The number of carbonyl (C=O) groups excluding carboxylic acids is 2. The molecular weight excluding hydrogens is 214 g/mol. The first kappa shape index (κ1) is 10.0. The highest BCUT2D eigenvalue weighted by molar-refractivity contribution is 6.44. The quantitative estimate of drug-likeness (QED) is 0.697. The van der Waals surface area contributed by atoms with Gasteiger partial charge in [0.1, 0.15) is 0 Å². The Morgan fingerprint density at radius 2 is 1.71 bits per heavy atom. The van der Waals surface area contributed by atoms with Gasteiger partial charge in [-0.25, -0.2) is 0 Å². The van der Waals surface area contributed by atoms with E-state index >= 15 is 0 Å². The maximum Gasteiger partial charge on any atom is 0.294 e. The summed E-state index contributed by atoms with van der Waals surface area (Å²) in [6.07, 6.45) is 0.321. The Kier molecular flexibility index (Phi) is 2.18. The molecule has 0 bridgehead atoms. The lowest BCUT2D eigenvalue weighted by Crippen LogP contribution is -2.27. The summed E-state index contributed by atoms with van der Waals surface area (Å²) in [5.74, 6) is -0.681. The molecule has 1 heterocycles. The number of hydrogen-bond acceptors (Lipinski definition) is 2. The van der Waals surface area contributed by atoms with Crippen molar-refractivity contribution >= 4 is 28.2 Å². The third kappa shape index (κ3) is 1.51. The number of Topliss-reactive ketones (excluding diaryl/α,β-unsaturated/α-hetero) is 1. The predicted octanol–water partition coefficient (Wildman–Crippen LogP) is 2.15. The Morgan fingerprint density at radius 3 is 2.47 bits per heavy atom. The van der Waals surface area contributed by atoms with Gasteiger partial charge in [0.15, 0.2) is 0 Å². The molecule has 0 unspecified atom stereocenters. The first-order valence-corrected chi connectivity index (χ1v) is 5.60. The Hall–Kier alpha value is -2.16. The summed E-state index contributed by atoms with van der Waals surface area (Å²) in [5, 5.41) is 2.09. The highest BCUT2D eigenvalue weighted by Crippen LogP contribution is 2.28. The number of anilines is 1. The number of nitrogens with zero attached hydrogens (tertiary/aromatic N) is 1. The third-order valence-electron chi connectivity index (χ3n) is 3.10. The van der Waals surface area contributed by atoms with Crippen molar-refractivity contribution in [2.75, 3.05) is 11.4 Å². The molecule has 0 aromatic heterocycles. The highest BCUT2D eigenvalue weighted by Gasteiger charge is 2.30. The Morgan fingerprint density at radius 1 is 0.941 bits per heavy atom. The lowest BCUT2D eigenvalue weighted by molar-refractivity contribution is -0.133. The van der Waals surface area contributed by atoms with Crippen LogP contribution in [0.1, 0.15) is 6.42 Å². The molecule has 0 spiro atoms. The number of ketones is 1. The zero-order valence-electron chi connectivity index (χ0n) is 9.22. The van der Waals surface area contributed by atoms with E-state index in [9.17, 15) is 9.59 Å². The maximum atomic E-state index is 11.7. The zero-order chi connectivity index (χ0) is 11.8. The molecule has 17 heavy (non-hydrogen) atoms. The van der Waals surface area contributed by atoms with E-state index in [0.29, 0.717) is 13.0 Å². The van der Waals surface area contributed by atoms with Gasteiger partial charge in [0.2, 0.25) is 5.78 Å². The molecule has 0 N–H and O–H groups in total. The van der Waals surface area contributed by atoms with Crippen LogP contribution in [0.3, 0.4) is 0 Å². The van der Waals surface area contributed by atoms with Crippen LogP contribution in [0.2, 0.25) is 0 Å². The summed E-state index contributed by atoms with van der Waals surface area (Å²) in [5.41, 5.74) is 0.832. The predicted molar refractivity (Wildman–Crippen MR) is 65.9 cm³/mol. The fourth-order valence-electron chi connectivity index (χ4n) is 2.25. The van der Waals surface area contributed by atoms with Crippen LogP contribution in [0.5, 0.6) is 0 Å². The van der Waals surface area contributed by atoms with Crippen LogP contribution in [0, 0.1) is 0 Å². The molecule has 2 aromatic carbocycles. The van der Waals surface area contributed by atoms with Gasteiger partial charge in [0.25, 0.3) is 5.91 Å². The molecule has 3 heteroatoms. The van der Waals surface area contributed by atoms with E-state index in [1.807, 2.05) is 42.5 Å². The van der Waals surface area contributed by atoms with Crippen LogP contribution in [-0.4, -0.2) is 18.2 Å². The minimum absolute atomic E-state index is 0.294. The summed E-state index contributed by atoms with van der Waals surface area (Å²) in [6.45, 7) is 0.492. The Labute approximate surface area is 98.6 Å². The minimum atomic E-state index is -0.388. The molecule has 0 aliphatic carbocycles. The van der Waals surface area contributed by atoms with Crippen molar-refractivity contribution in [3.8, 4) is 0 Å². The molecule has 1 aliphatic heterocycles. The number of rotatable bonds is 1. The van der Waals surface area contributed by atoms with E-state index in [-0.39, 0.29) is 11.7 Å². The second kappa shape index (κ2) is 3.70. The van der Waals surface area contributed by atoms with Crippen LogP contribution in [0.15, 0.2) is 42.5 Å². The first-order valence-electron chi connectivity index (χ1n) is 5.60. The molecule has 0 saturated carbocycles. The SMILES string of the molecule is O=C1CCN(c2cccc3ccccc23)C1=O. The van der Waals surface area contributed by atoms with Gasteiger partial charge in [0.05, 0.1) is 5.69 Å². The molecule has 1 amide bonds. The van der Waals surface area contributed by atoms with Crippen molar-refractivity contribution in [1.29, 1.82) is 0 Å². The molecule has 0 radical (unpaired) electrons. The second-order valence-electron chi connectivity index (χ2n) is 4.13. The van der Waals surface area contributed by atoms with E-state index in [1.54, 1.807) is 4.90 Å². The van der Waals surface area contributed by atoms with Crippen molar-refractivity contribution in [2.45, 2.75) is 6.42 Å². The van der Waals surface area contributed by atoms with Gasteiger partial charge >= 0.3 is 0 Å². The van der Waals surface area contributed by atoms with Gasteiger partial charge in [-0.3, -0.25) is 9.59 Å². The van der Waals surface area contributed by atoms with Crippen LogP contribution in [0.25, 0.3) is 10.8 Å². The van der Waals surface area contributed by atoms with Crippen LogP contribution >= 0.6 is 0 Å². The number of fused-ring (bicyclic) bond motifs is 1. The number of benzene rings is 2. The molecule has 84 valence electrons. The average Bonchev–Trinajstić information content (AvgIpc) is 2.69. The maximum absolute atomic E-state index is 11.7. The summed E-state index contributed by atoms with van der Waals surface area (Å²) in [6, 6.07) is 13.7. The molecule has 3 nitrogen and oxygen atoms in total. The van der Waals surface area contributed by atoms with Crippen molar-refractivity contribution in [3.63, 3.8) is 0 Å². The molecular formula is C14H11NO2. The van der Waals surface area contributed by atoms with E-state index in [4.69, 9.17) is 0 Å². The largest absolute Gasteiger partial charge is 0.305 e. The normalized spacial score (nSPS) is 15.9. The van der Waals surface area contributed by atoms with Gasteiger partial charge in [-0.15, -0.1) is 0 Å². The summed E-state index contributed by atoms with van der Waals surface area (Å²) >= 11 is 0. The lowest BCUT2D eigenvalue weighted by atomic mass is 10.1. The van der Waals surface area contributed by atoms with Gasteiger partial charge in [-0.2, -0.15) is 0 Å². The van der Waals surface area contributed by atoms with E-state index in [2.05, 4.69) is 0 Å². The van der Waals surface area contributed by atoms with Crippen molar-refractivity contribution in [3.05, 3.63) is 42.5 Å². The topological polar surface area (TPSA) is 37.4 Å². The minimum Gasteiger partial charge on any atom is -0.305 e.